The third-order valence-electron chi connectivity index (χ3n) is 2.99. The van der Waals surface area contributed by atoms with Gasteiger partial charge in [0.05, 0.1) is 11.5 Å². The average Bonchev–Trinajstić information content (AvgIpc) is 2.47. The fourth-order valence-electron chi connectivity index (χ4n) is 1.94. The molecular weight excluding hydrogens is 324 g/mol. The Morgan fingerprint density at radius 1 is 1.18 bits per heavy atom. The van der Waals surface area contributed by atoms with Crippen molar-refractivity contribution in [2.24, 2.45) is 5.14 Å². The van der Waals surface area contributed by atoms with Gasteiger partial charge in [0.15, 0.2) is 0 Å². The van der Waals surface area contributed by atoms with Crippen molar-refractivity contribution in [2.45, 2.75) is 18.4 Å². The maximum atomic E-state index is 11.2. The maximum absolute atomic E-state index is 11.2. The van der Waals surface area contributed by atoms with Gasteiger partial charge in [0.2, 0.25) is 10.0 Å². The van der Waals surface area contributed by atoms with Gasteiger partial charge >= 0.3 is 0 Å². The van der Waals surface area contributed by atoms with Crippen LogP contribution >= 0.6 is 11.6 Å². The third-order valence-corrected chi connectivity index (χ3v) is 4.15. The Labute approximate surface area is 135 Å². The highest BCUT2D eigenvalue weighted by Gasteiger charge is 2.08. The smallest absolute Gasteiger partial charge is 0.238 e. The molecule has 0 unspecified atom stereocenters. The Morgan fingerprint density at radius 2 is 1.86 bits per heavy atom. The lowest BCUT2D eigenvalue weighted by atomic mass is 10.2. The Morgan fingerprint density at radius 3 is 2.45 bits per heavy atom. The number of rotatable bonds is 6. The number of primary sulfonamides is 1. The lowest BCUT2D eigenvalue weighted by molar-refractivity contribution is 0.337. The van der Waals surface area contributed by atoms with Crippen molar-refractivity contribution < 1.29 is 13.2 Å². The maximum Gasteiger partial charge on any atom is 0.238 e. The molecule has 0 aromatic heterocycles. The van der Waals surface area contributed by atoms with Crippen LogP contribution < -0.4 is 15.2 Å². The zero-order valence-corrected chi connectivity index (χ0v) is 13.6. The fraction of sp³-hybridized carbons (Fsp3) is 0.200. The predicted molar refractivity (Wildman–Crippen MR) is 87.8 cm³/mol. The molecule has 0 atom stereocenters. The second kappa shape index (κ2) is 7.00. The normalized spacial score (nSPS) is 11.2. The van der Waals surface area contributed by atoms with E-state index in [4.69, 9.17) is 21.5 Å². The van der Waals surface area contributed by atoms with Crippen molar-refractivity contribution in [3.05, 3.63) is 53.1 Å². The Balaban J connectivity index is 2.11. The van der Waals surface area contributed by atoms with Gasteiger partial charge in [0.1, 0.15) is 5.75 Å². The number of nitrogens with one attached hydrogen (secondary N) is 1. The van der Waals surface area contributed by atoms with Crippen molar-refractivity contribution in [2.75, 3.05) is 11.9 Å². The monoisotopic (exact) mass is 340 g/mol. The van der Waals surface area contributed by atoms with Crippen LogP contribution in [0.25, 0.3) is 0 Å². The van der Waals surface area contributed by atoms with Crippen LogP contribution in [0.3, 0.4) is 0 Å². The second-order valence-corrected chi connectivity index (χ2v) is 6.61. The van der Waals surface area contributed by atoms with Gasteiger partial charge in [-0.05, 0) is 49.4 Å². The molecule has 0 saturated carbocycles. The van der Waals surface area contributed by atoms with E-state index in [1.165, 1.54) is 12.1 Å². The first-order valence-corrected chi connectivity index (χ1v) is 8.60. The summed E-state index contributed by atoms with van der Waals surface area (Å²) in [7, 11) is -3.67. The molecular formula is C15H17ClN2O3S. The molecule has 7 heteroatoms. The fourth-order valence-corrected chi connectivity index (χ4v) is 2.65. The topological polar surface area (TPSA) is 81.4 Å². The van der Waals surface area contributed by atoms with E-state index in [1.807, 2.05) is 19.1 Å². The number of hydrogen-bond acceptors (Lipinski definition) is 4. The molecule has 0 amide bonds. The number of benzene rings is 2. The van der Waals surface area contributed by atoms with Crippen LogP contribution in [0.4, 0.5) is 5.69 Å². The summed E-state index contributed by atoms with van der Waals surface area (Å²) in [6.07, 6.45) is 0. The standard InChI is InChI=1S/C15H17ClN2O3S/c1-2-21-15-8-3-12(16)9-11(15)10-18-13-4-6-14(7-5-13)22(17,19)20/h3-9,18H,2,10H2,1H3,(H2,17,19,20). The predicted octanol–water partition coefficient (Wildman–Crippen LogP) is 3.00. The van der Waals surface area contributed by atoms with Crippen molar-refractivity contribution in [1.29, 1.82) is 0 Å². The zero-order chi connectivity index (χ0) is 16.2. The molecule has 0 bridgehead atoms. The summed E-state index contributed by atoms with van der Waals surface area (Å²) in [4.78, 5) is 0.0795. The Hall–Kier alpha value is -1.76. The number of sulfonamides is 1. The molecule has 0 heterocycles. The molecule has 3 N–H and O–H groups in total. The van der Waals surface area contributed by atoms with Gasteiger partial charge in [-0.25, -0.2) is 13.6 Å². The quantitative estimate of drug-likeness (QED) is 0.847. The van der Waals surface area contributed by atoms with E-state index >= 15 is 0 Å². The molecule has 2 rings (SSSR count). The Bertz CT molecular complexity index is 746. The summed E-state index contributed by atoms with van der Waals surface area (Å²) in [6, 6.07) is 11.7. The molecule has 0 aliphatic carbocycles. The van der Waals surface area contributed by atoms with Gasteiger partial charge in [-0.3, -0.25) is 0 Å². The van der Waals surface area contributed by atoms with Crippen molar-refractivity contribution in [1.82, 2.24) is 0 Å². The van der Waals surface area contributed by atoms with Gasteiger partial charge in [-0.15, -0.1) is 0 Å². The van der Waals surface area contributed by atoms with Crippen molar-refractivity contribution >= 4 is 27.3 Å². The van der Waals surface area contributed by atoms with E-state index in [0.29, 0.717) is 18.2 Å². The van der Waals surface area contributed by atoms with Crippen LogP contribution in [0.5, 0.6) is 5.75 Å². The largest absolute Gasteiger partial charge is 0.494 e. The summed E-state index contributed by atoms with van der Waals surface area (Å²) in [5.41, 5.74) is 1.69. The first-order valence-electron chi connectivity index (χ1n) is 6.68. The van der Waals surface area contributed by atoms with E-state index < -0.39 is 10.0 Å². The molecule has 22 heavy (non-hydrogen) atoms. The number of halogens is 1. The molecule has 0 aliphatic heterocycles. The van der Waals surface area contributed by atoms with E-state index in [0.717, 1.165) is 17.0 Å². The van der Waals surface area contributed by atoms with Gasteiger partial charge in [0.25, 0.3) is 0 Å². The van der Waals surface area contributed by atoms with Gasteiger partial charge < -0.3 is 10.1 Å². The number of anilines is 1. The van der Waals surface area contributed by atoms with Crippen LogP contribution in [0.1, 0.15) is 12.5 Å². The van der Waals surface area contributed by atoms with Crippen LogP contribution in [-0.4, -0.2) is 15.0 Å². The molecule has 2 aromatic rings. The molecule has 0 fully saturated rings. The van der Waals surface area contributed by atoms with E-state index in [2.05, 4.69) is 5.32 Å². The summed E-state index contributed by atoms with van der Waals surface area (Å²) in [5, 5.41) is 8.88. The Kier molecular flexibility index (Phi) is 5.28. The summed E-state index contributed by atoms with van der Waals surface area (Å²) >= 11 is 6.01. The van der Waals surface area contributed by atoms with E-state index in [1.54, 1.807) is 18.2 Å². The second-order valence-electron chi connectivity index (χ2n) is 4.61. The summed E-state index contributed by atoms with van der Waals surface area (Å²) < 4.78 is 28.0. The molecule has 0 radical (unpaired) electrons. The first-order chi connectivity index (χ1) is 10.4. The molecule has 118 valence electrons. The van der Waals surface area contributed by atoms with Gasteiger partial charge in [0, 0.05) is 22.8 Å². The summed E-state index contributed by atoms with van der Waals surface area (Å²) in [6.45, 7) is 2.99. The average molecular weight is 341 g/mol. The number of hydrogen-bond donors (Lipinski definition) is 2. The van der Waals surface area contributed by atoms with E-state index in [9.17, 15) is 8.42 Å². The SMILES string of the molecule is CCOc1ccc(Cl)cc1CNc1ccc(S(N)(=O)=O)cc1. The van der Waals surface area contributed by atoms with Gasteiger partial charge in [-0.1, -0.05) is 11.6 Å². The van der Waals surface area contributed by atoms with Crippen LogP contribution in [0, 0.1) is 0 Å². The molecule has 5 nitrogen and oxygen atoms in total. The lowest BCUT2D eigenvalue weighted by Crippen LogP contribution is -2.12. The summed E-state index contributed by atoms with van der Waals surface area (Å²) in [5.74, 6) is 0.764. The van der Waals surface area contributed by atoms with Gasteiger partial charge in [-0.2, -0.15) is 0 Å². The lowest BCUT2D eigenvalue weighted by Gasteiger charge is -2.12. The minimum Gasteiger partial charge on any atom is -0.494 e. The van der Waals surface area contributed by atoms with E-state index in [-0.39, 0.29) is 4.90 Å². The highest BCUT2D eigenvalue weighted by atomic mass is 35.5. The first kappa shape index (κ1) is 16.6. The molecule has 0 saturated heterocycles. The highest BCUT2D eigenvalue weighted by molar-refractivity contribution is 7.89. The van der Waals surface area contributed by atoms with Crippen molar-refractivity contribution in [3.8, 4) is 5.75 Å². The van der Waals surface area contributed by atoms with Crippen LogP contribution in [0.15, 0.2) is 47.4 Å². The molecule has 2 aromatic carbocycles. The molecule has 0 aliphatic rings. The van der Waals surface area contributed by atoms with Crippen molar-refractivity contribution in [3.63, 3.8) is 0 Å². The zero-order valence-electron chi connectivity index (χ0n) is 12.0. The van der Waals surface area contributed by atoms with Crippen LogP contribution in [0.2, 0.25) is 5.02 Å². The third kappa shape index (κ3) is 4.37. The minimum absolute atomic E-state index is 0.0795. The minimum atomic E-state index is -3.67. The highest BCUT2D eigenvalue weighted by Crippen LogP contribution is 2.24. The molecule has 0 spiro atoms. The van der Waals surface area contributed by atoms with Crippen LogP contribution in [-0.2, 0) is 16.6 Å². The number of nitrogens with two attached hydrogens (primary N) is 1. The number of ether oxygens (including phenoxy) is 1.